The molecule has 2 aromatic carbocycles. The molecule has 0 aliphatic heterocycles. The van der Waals surface area contributed by atoms with Crippen LogP contribution in [0.15, 0.2) is 48.5 Å². The molecule has 0 atom stereocenters. The molecule has 1 saturated carbocycles. The molecular weight excluding hydrogens is 375 g/mol. The van der Waals surface area contributed by atoms with E-state index in [2.05, 4.69) is 25.6 Å². The second kappa shape index (κ2) is 6.95. The Kier molecular flexibility index (Phi) is 4.46. The van der Waals surface area contributed by atoms with Crippen LogP contribution in [0, 0.1) is 0 Å². The van der Waals surface area contributed by atoms with Crippen molar-refractivity contribution in [2.45, 2.75) is 25.2 Å². The average Bonchev–Trinajstić information content (AvgIpc) is 3.38. The highest BCUT2D eigenvalue weighted by Gasteiger charge is 2.31. The number of ether oxygens (including phenoxy) is 1. The Morgan fingerprint density at radius 2 is 1.75 bits per heavy atom. The number of hydrogen-bond acceptors (Lipinski definition) is 5. The maximum Gasteiger partial charge on any atom is 0.573 e. The number of anilines is 1. The third kappa shape index (κ3) is 4.11. The van der Waals surface area contributed by atoms with Crippen molar-refractivity contribution in [2.24, 2.45) is 0 Å². The van der Waals surface area contributed by atoms with Crippen LogP contribution >= 0.6 is 0 Å². The summed E-state index contributed by atoms with van der Waals surface area (Å²) < 4.78 is 42.1. The van der Waals surface area contributed by atoms with Crippen molar-refractivity contribution in [3.63, 3.8) is 0 Å². The monoisotopic (exact) mass is 389 g/mol. The van der Waals surface area contributed by atoms with Crippen molar-refractivity contribution in [1.29, 1.82) is 0 Å². The van der Waals surface area contributed by atoms with Crippen LogP contribution in [0.4, 0.5) is 18.9 Å². The van der Waals surface area contributed by atoms with Crippen LogP contribution in [0.1, 0.15) is 29.2 Å². The van der Waals surface area contributed by atoms with E-state index >= 15 is 0 Å². The second-order valence-corrected chi connectivity index (χ2v) is 6.28. The highest BCUT2D eigenvalue weighted by atomic mass is 19.4. The summed E-state index contributed by atoms with van der Waals surface area (Å²) in [5.74, 6) is -0.170. The fraction of sp³-hybridized carbons (Fsp3) is 0.222. The molecule has 1 aliphatic carbocycles. The summed E-state index contributed by atoms with van der Waals surface area (Å²) in [6, 6.07) is 12.0. The van der Waals surface area contributed by atoms with E-state index < -0.39 is 12.3 Å². The molecule has 3 aromatic rings. The summed E-state index contributed by atoms with van der Waals surface area (Å²) >= 11 is 0. The lowest BCUT2D eigenvalue weighted by Gasteiger charge is -2.10. The zero-order chi connectivity index (χ0) is 19.7. The largest absolute Gasteiger partial charge is 0.573 e. The first kappa shape index (κ1) is 18.0. The Labute approximate surface area is 157 Å². The lowest BCUT2D eigenvalue weighted by atomic mass is 10.1. The van der Waals surface area contributed by atoms with Gasteiger partial charge in [-0.25, -0.2) is 4.68 Å². The first-order valence-electron chi connectivity index (χ1n) is 8.44. The quantitative estimate of drug-likeness (QED) is 0.717. The number of carbonyl (C=O) groups excluding carboxylic acids is 1. The van der Waals surface area contributed by atoms with Gasteiger partial charge in [0.1, 0.15) is 5.75 Å². The summed E-state index contributed by atoms with van der Waals surface area (Å²) in [6.45, 7) is 0. The van der Waals surface area contributed by atoms with Crippen LogP contribution in [0.3, 0.4) is 0 Å². The molecule has 1 aliphatic rings. The van der Waals surface area contributed by atoms with Crippen LogP contribution in [-0.4, -0.2) is 32.5 Å². The van der Waals surface area contributed by atoms with Gasteiger partial charge in [-0.05, 0) is 71.8 Å². The number of nitrogens with one attached hydrogen (secondary N) is 1. The highest BCUT2D eigenvalue weighted by Crippen LogP contribution is 2.36. The molecule has 0 radical (unpaired) electrons. The molecule has 4 rings (SSSR count). The number of nitrogens with zero attached hydrogens (tertiary/aromatic N) is 4. The molecule has 1 amide bonds. The van der Waals surface area contributed by atoms with Crippen molar-refractivity contribution < 1.29 is 22.7 Å². The Hall–Kier alpha value is -3.43. The van der Waals surface area contributed by atoms with E-state index in [0.29, 0.717) is 17.6 Å². The molecule has 1 heterocycles. The van der Waals surface area contributed by atoms with Gasteiger partial charge in [-0.3, -0.25) is 4.79 Å². The number of halogens is 3. The molecule has 0 saturated heterocycles. The van der Waals surface area contributed by atoms with Crippen molar-refractivity contribution in [3.8, 4) is 17.1 Å². The normalized spacial score (nSPS) is 14.0. The summed E-state index contributed by atoms with van der Waals surface area (Å²) in [4.78, 5) is 12.3. The molecule has 0 bridgehead atoms. The van der Waals surface area contributed by atoms with Crippen molar-refractivity contribution in [2.75, 3.05) is 5.32 Å². The molecule has 144 valence electrons. The van der Waals surface area contributed by atoms with Gasteiger partial charge in [-0.1, -0.05) is 0 Å². The van der Waals surface area contributed by atoms with Crippen LogP contribution < -0.4 is 10.1 Å². The van der Waals surface area contributed by atoms with E-state index in [4.69, 9.17) is 0 Å². The summed E-state index contributed by atoms with van der Waals surface area (Å²) in [5.41, 5.74) is 1.56. The van der Waals surface area contributed by atoms with E-state index in [1.165, 1.54) is 12.1 Å². The van der Waals surface area contributed by atoms with Gasteiger partial charge in [0.05, 0.1) is 6.04 Å². The molecule has 28 heavy (non-hydrogen) atoms. The third-order valence-corrected chi connectivity index (χ3v) is 4.14. The van der Waals surface area contributed by atoms with Gasteiger partial charge in [-0.15, -0.1) is 18.3 Å². The van der Waals surface area contributed by atoms with Crippen molar-refractivity contribution in [1.82, 2.24) is 20.2 Å². The number of tetrazole rings is 1. The van der Waals surface area contributed by atoms with E-state index in [0.717, 1.165) is 30.5 Å². The van der Waals surface area contributed by atoms with Crippen LogP contribution in [0.2, 0.25) is 0 Å². The number of rotatable bonds is 5. The molecule has 0 spiro atoms. The molecule has 0 unspecified atom stereocenters. The maximum absolute atomic E-state index is 12.3. The Bertz CT molecular complexity index is 980. The Morgan fingerprint density at radius 1 is 1.07 bits per heavy atom. The van der Waals surface area contributed by atoms with Gasteiger partial charge in [0.25, 0.3) is 5.91 Å². The van der Waals surface area contributed by atoms with Crippen LogP contribution in [0.5, 0.6) is 5.75 Å². The minimum Gasteiger partial charge on any atom is -0.406 e. The van der Waals surface area contributed by atoms with E-state index in [1.54, 1.807) is 28.9 Å². The molecule has 7 nitrogen and oxygen atoms in total. The van der Waals surface area contributed by atoms with Gasteiger partial charge in [0, 0.05) is 16.8 Å². The van der Waals surface area contributed by atoms with Crippen LogP contribution in [0.25, 0.3) is 11.4 Å². The molecule has 1 aromatic heterocycles. The topological polar surface area (TPSA) is 81.9 Å². The minimum atomic E-state index is -4.77. The fourth-order valence-electron chi connectivity index (χ4n) is 2.66. The van der Waals surface area contributed by atoms with Crippen LogP contribution in [-0.2, 0) is 0 Å². The predicted molar refractivity (Wildman–Crippen MR) is 92.6 cm³/mol. The standard InChI is InChI=1S/C18H14F3N5O2/c19-18(20,21)28-15-9-3-12(4-10-15)17(27)22-13-5-1-11(2-6-13)16-23-24-25-26(16)14-7-8-14/h1-6,9-10,14H,7-8H2,(H,22,27). The first-order chi connectivity index (χ1) is 13.4. The Balaban J connectivity index is 1.42. The molecule has 1 fully saturated rings. The number of benzene rings is 2. The van der Waals surface area contributed by atoms with E-state index in [9.17, 15) is 18.0 Å². The van der Waals surface area contributed by atoms with Gasteiger partial charge < -0.3 is 10.1 Å². The molecule has 1 N–H and O–H groups in total. The number of amides is 1. The zero-order valence-electron chi connectivity index (χ0n) is 14.3. The Morgan fingerprint density at radius 3 is 2.36 bits per heavy atom. The molecular formula is C18H14F3N5O2. The van der Waals surface area contributed by atoms with Gasteiger partial charge in [-0.2, -0.15) is 0 Å². The van der Waals surface area contributed by atoms with Gasteiger partial charge in [0.15, 0.2) is 5.82 Å². The van der Waals surface area contributed by atoms with E-state index in [1.807, 2.05) is 0 Å². The number of carbonyl (C=O) groups is 1. The molecule has 10 heteroatoms. The third-order valence-electron chi connectivity index (χ3n) is 4.14. The number of hydrogen-bond donors (Lipinski definition) is 1. The SMILES string of the molecule is O=C(Nc1ccc(-c2nnnn2C2CC2)cc1)c1ccc(OC(F)(F)F)cc1. The fourth-order valence-corrected chi connectivity index (χ4v) is 2.66. The highest BCUT2D eigenvalue weighted by molar-refractivity contribution is 6.04. The first-order valence-corrected chi connectivity index (χ1v) is 8.44. The summed E-state index contributed by atoms with van der Waals surface area (Å²) in [5, 5.41) is 14.4. The second-order valence-electron chi connectivity index (χ2n) is 6.28. The van der Waals surface area contributed by atoms with Crippen molar-refractivity contribution >= 4 is 11.6 Å². The number of alkyl halides is 3. The maximum atomic E-state index is 12.3. The smallest absolute Gasteiger partial charge is 0.406 e. The lowest BCUT2D eigenvalue weighted by Crippen LogP contribution is -2.17. The van der Waals surface area contributed by atoms with Gasteiger partial charge >= 0.3 is 6.36 Å². The lowest BCUT2D eigenvalue weighted by molar-refractivity contribution is -0.274. The minimum absolute atomic E-state index is 0.205. The summed E-state index contributed by atoms with van der Waals surface area (Å²) in [6.07, 6.45) is -2.66. The average molecular weight is 389 g/mol. The van der Waals surface area contributed by atoms with E-state index in [-0.39, 0.29) is 11.3 Å². The zero-order valence-corrected chi connectivity index (χ0v) is 14.3. The predicted octanol–water partition coefficient (Wildman–Crippen LogP) is 3.83. The number of aromatic nitrogens is 4. The summed E-state index contributed by atoms with van der Waals surface area (Å²) in [7, 11) is 0. The van der Waals surface area contributed by atoms with Crippen molar-refractivity contribution in [3.05, 3.63) is 54.1 Å². The van der Waals surface area contributed by atoms with Gasteiger partial charge in [0.2, 0.25) is 0 Å².